The van der Waals surface area contributed by atoms with Crippen LogP contribution in [0, 0.1) is 0 Å². The minimum atomic E-state index is -0.392. The summed E-state index contributed by atoms with van der Waals surface area (Å²) in [6.45, 7) is 2.08. The Morgan fingerprint density at radius 2 is 2.21 bits per heavy atom. The van der Waals surface area contributed by atoms with Gasteiger partial charge in [-0.2, -0.15) is 0 Å². The third-order valence-corrected chi connectivity index (χ3v) is 3.51. The highest BCUT2D eigenvalue weighted by molar-refractivity contribution is 9.10. The van der Waals surface area contributed by atoms with E-state index in [1.54, 1.807) is 13.2 Å². The van der Waals surface area contributed by atoms with Crippen molar-refractivity contribution in [2.45, 2.75) is 13.3 Å². The molecule has 1 N–H and O–H groups in total. The highest BCUT2D eigenvalue weighted by Crippen LogP contribution is 2.31. The molecule has 0 saturated heterocycles. The molecule has 0 radical (unpaired) electrons. The third-order valence-electron chi connectivity index (χ3n) is 3.05. The summed E-state index contributed by atoms with van der Waals surface area (Å²) in [4.78, 5) is 16.2. The molecule has 0 aliphatic carbocycles. The molecule has 1 aromatic heterocycles. The molecule has 100 valence electrons. The van der Waals surface area contributed by atoms with Crippen LogP contribution in [0.3, 0.4) is 0 Å². The minimum Gasteiger partial charge on any atom is -0.465 e. The maximum absolute atomic E-state index is 11.8. The van der Waals surface area contributed by atoms with Gasteiger partial charge < -0.3 is 10.1 Å². The van der Waals surface area contributed by atoms with E-state index in [0.717, 1.165) is 33.0 Å². The Balaban J connectivity index is 2.82. The molecule has 0 unspecified atom stereocenters. The van der Waals surface area contributed by atoms with E-state index in [2.05, 4.69) is 33.2 Å². The molecule has 0 fully saturated rings. The third kappa shape index (κ3) is 2.42. The minimum absolute atomic E-state index is 0.392. The van der Waals surface area contributed by atoms with Gasteiger partial charge in [0.05, 0.1) is 18.3 Å². The normalized spacial score (nSPS) is 10.5. The van der Waals surface area contributed by atoms with Crippen LogP contribution in [-0.4, -0.2) is 25.1 Å². The zero-order chi connectivity index (χ0) is 14.0. The summed E-state index contributed by atoms with van der Waals surface area (Å²) in [5.41, 5.74) is 3.23. The Kier molecular flexibility index (Phi) is 4.04. The number of pyridine rings is 1. The van der Waals surface area contributed by atoms with Gasteiger partial charge in [0.25, 0.3) is 0 Å². The van der Waals surface area contributed by atoms with Crippen molar-refractivity contribution in [3.05, 3.63) is 33.9 Å². The molecule has 1 heterocycles. The van der Waals surface area contributed by atoms with E-state index in [9.17, 15) is 4.79 Å². The van der Waals surface area contributed by atoms with E-state index in [1.165, 1.54) is 7.11 Å². The van der Waals surface area contributed by atoms with E-state index < -0.39 is 5.97 Å². The fourth-order valence-corrected chi connectivity index (χ4v) is 2.65. The van der Waals surface area contributed by atoms with E-state index in [0.29, 0.717) is 5.56 Å². The van der Waals surface area contributed by atoms with E-state index in [4.69, 9.17) is 4.74 Å². The number of methoxy groups -OCH3 is 1. The maximum atomic E-state index is 11.8. The lowest BCUT2D eigenvalue weighted by Crippen LogP contribution is -2.07. The van der Waals surface area contributed by atoms with Crippen LogP contribution in [0.1, 0.15) is 22.8 Å². The predicted molar refractivity (Wildman–Crippen MR) is 79.7 cm³/mol. The molecule has 0 aliphatic rings. The Morgan fingerprint density at radius 3 is 2.79 bits per heavy atom. The van der Waals surface area contributed by atoms with Crippen molar-refractivity contribution in [3.8, 4) is 0 Å². The Morgan fingerprint density at radius 1 is 1.47 bits per heavy atom. The van der Waals surface area contributed by atoms with Crippen molar-refractivity contribution in [2.75, 3.05) is 19.5 Å². The number of rotatable bonds is 3. The van der Waals surface area contributed by atoms with Gasteiger partial charge in [0.15, 0.2) is 0 Å². The topological polar surface area (TPSA) is 51.2 Å². The first kappa shape index (κ1) is 13.8. The van der Waals surface area contributed by atoms with Crippen molar-refractivity contribution in [3.63, 3.8) is 0 Å². The number of nitrogens with one attached hydrogen (secondary N) is 1. The van der Waals surface area contributed by atoms with E-state index in [1.807, 2.05) is 12.1 Å². The van der Waals surface area contributed by atoms with E-state index >= 15 is 0 Å². The van der Waals surface area contributed by atoms with Gasteiger partial charge in [-0.25, -0.2) is 4.79 Å². The molecule has 0 amide bonds. The lowest BCUT2D eigenvalue weighted by Gasteiger charge is -2.13. The molecule has 2 aromatic rings. The zero-order valence-electron chi connectivity index (χ0n) is 11.1. The molecule has 0 bridgehead atoms. The Bertz CT molecular complexity index is 641. The second-order valence-corrected chi connectivity index (χ2v) is 5.02. The molecule has 1 aromatic carbocycles. The second kappa shape index (κ2) is 5.57. The van der Waals surface area contributed by atoms with Gasteiger partial charge in [0, 0.05) is 23.1 Å². The Labute approximate surface area is 120 Å². The molecule has 4 nitrogen and oxygen atoms in total. The van der Waals surface area contributed by atoms with Crippen molar-refractivity contribution < 1.29 is 9.53 Å². The molecule has 0 atom stereocenters. The SMILES string of the molecule is CCc1cc(Br)cc2c(NC)c(C(=O)OC)cnc12. The molecule has 0 spiro atoms. The largest absolute Gasteiger partial charge is 0.465 e. The summed E-state index contributed by atoms with van der Waals surface area (Å²) in [6, 6.07) is 4.01. The summed E-state index contributed by atoms with van der Waals surface area (Å²) < 4.78 is 5.75. The molecule has 5 heteroatoms. The fourth-order valence-electron chi connectivity index (χ4n) is 2.14. The van der Waals surface area contributed by atoms with Gasteiger partial charge >= 0.3 is 5.97 Å². The first-order valence-corrected chi connectivity index (χ1v) is 6.78. The quantitative estimate of drug-likeness (QED) is 0.880. The first-order chi connectivity index (χ1) is 9.12. The number of hydrogen-bond acceptors (Lipinski definition) is 4. The summed E-state index contributed by atoms with van der Waals surface area (Å²) in [5.74, 6) is -0.392. The molecule has 2 rings (SSSR count). The highest BCUT2D eigenvalue weighted by Gasteiger charge is 2.16. The molecule has 19 heavy (non-hydrogen) atoms. The number of esters is 1. The number of halogens is 1. The van der Waals surface area contributed by atoms with Crippen LogP contribution in [-0.2, 0) is 11.2 Å². The molecular weight excluding hydrogens is 308 g/mol. The number of anilines is 1. The summed E-state index contributed by atoms with van der Waals surface area (Å²) in [5, 5.41) is 3.98. The predicted octanol–water partition coefficient (Wildman–Crippen LogP) is 3.39. The van der Waals surface area contributed by atoms with Gasteiger partial charge in [-0.15, -0.1) is 0 Å². The average Bonchev–Trinajstić information content (AvgIpc) is 2.44. The summed E-state index contributed by atoms with van der Waals surface area (Å²) in [6.07, 6.45) is 2.44. The van der Waals surface area contributed by atoms with Gasteiger partial charge in [0.2, 0.25) is 0 Å². The highest BCUT2D eigenvalue weighted by atomic mass is 79.9. The zero-order valence-corrected chi connectivity index (χ0v) is 12.7. The molecular formula is C14H15BrN2O2. The number of hydrogen-bond donors (Lipinski definition) is 1. The number of aromatic nitrogens is 1. The number of nitrogens with zero attached hydrogens (tertiary/aromatic N) is 1. The second-order valence-electron chi connectivity index (χ2n) is 4.10. The van der Waals surface area contributed by atoms with Crippen LogP contribution in [0.5, 0.6) is 0 Å². The smallest absolute Gasteiger partial charge is 0.341 e. The molecule has 0 aliphatic heterocycles. The van der Waals surface area contributed by atoms with Crippen LogP contribution < -0.4 is 5.32 Å². The van der Waals surface area contributed by atoms with Crippen molar-refractivity contribution in [1.29, 1.82) is 0 Å². The number of aryl methyl sites for hydroxylation is 1. The fraction of sp³-hybridized carbons (Fsp3) is 0.286. The standard InChI is InChI=1S/C14H15BrN2O2/c1-4-8-5-9(15)6-10-12(8)17-7-11(13(10)16-2)14(18)19-3/h5-7H,4H2,1-3H3,(H,16,17). The number of ether oxygens (including phenoxy) is 1. The average molecular weight is 323 g/mol. The van der Waals surface area contributed by atoms with Crippen molar-refractivity contribution in [2.24, 2.45) is 0 Å². The van der Waals surface area contributed by atoms with Crippen LogP contribution >= 0.6 is 15.9 Å². The van der Waals surface area contributed by atoms with Crippen molar-refractivity contribution >= 4 is 38.5 Å². The molecule has 0 saturated carbocycles. The van der Waals surface area contributed by atoms with Crippen LogP contribution in [0.2, 0.25) is 0 Å². The Hall–Kier alpha value is -1.62. The number of fused-ring (bicyclic) bond motifs is 1. The van der Waals surface area contributed by atoms with Gasteiger partial charge in [0.1, 0.15) is 5.56 Å². The summed E-state index contributed by atoms with van der Waals surface area (Å²) in [7, 11) is 3.15. The van der Waals surface area contributed by atoms with Gasteiger partial charge in [-0.3, -0.25) is 4.98 Å². The van der Waals surface area contributed by atoms with Crippen molar-refractivity contribution in [1.82, 2.24) is 4.98 Å². The number of benzene rings is 1. The van der Waals surface area contributed by atoms with E-state index in [-0.39, 0.29) is 0 Å². The van der Waals surface area contributed by atoms with Crippen LogP contribution in [0.25, 0.3) is 10.9 Å². The van der Waals surface area contributed by atoms with Gasteiger partial charge in [-0.1, -0.05) is 22.9 Å². The monoisotopic (exact) mass is 322 g/mol. The first-order valence-electron chi connectivity index (χ1n) is 5.99. The van der Waals surface area contributed by atoms with Gasteiger partial charge in [-0.05, 0) is 24.1 Å². The lowest BCUT2D eigenvalue weighted by molar-refractivity contribution is 0.0601. The van der Waals surface area contributed by atoms with Crippen LogP contribution in [0.4, 0.5) is 5.69 Å². The lowest BCUT2D eigenvalue weighted by atomic mass is 10.0. The number of carbonyl (C=O) groups is 1. The maximum Gasteiger partial charge on any atom is 0.341 e. The summed E-state index contributed by atoms with van der Waals surface area (Å²) >= 11 is 3.49. The number of carbonyl (C=O) groups excluding carboxylic acids is 1. The van der Waals surface area contributed by atoms with Crippen LogP contribution in [0.15, 0.2) is 22.8 Å².